The summed E-state index contributed by atoms with van der Waals surface area (Å²) < 4.78 is 0. The summed E-state index contributed by atoms with van der Waals surface area (Å²) in [5.74, 6) is 1.10. The Morgan fingerprint density at radius 3 is 2.71 bits per heavy atom. The van der Waals surface area contributed by atoms with Gasteiger partial charge in [-0.15, -0.1) is 11.8 Å². The highest BCUT2D eigenvalue weighted by atomic mass is 35.5. The molecule has 1 fully saturated rings. The first-order valence-corrected chi connectivity index (χ1v) is 8.89. The number of rotatable bonds is 7. The number of halogens is 2. The van der Waals surface area contributed by atoms with Crippen molar-refractivity contribution in [3.8, 4) is 0 Å². The van der Waals surface area contributed by atoms with E-state index in [1.165, 1.54) is 11.8 Å². The van der Waals surface area contributed by atoms with E-state index >= 15 is 0 Å². The lowest BCUT2D eigenvalue weighted by atomic mass is 9.74. The average Bonchev–Trinajstić information content (AvgIpc) is 2.39. The van der Waals surface area contributed by atoms with Gasteiger partial charge in [0.15, 0.2) is 0 Å². The van der Waals surface area contributed by atoms with Gasteiger partial charge in [-0.25, -0.2) is 0 Å². The fraction of sp³-hybridized carbons (Fsp3) is 0.533. The van der Waals surface area contributed by atoms with Crippen LogP contribution in [0.5, 0.6) is 0 Å². The minimum absolute atomic E-state index is 0.0261. The Labute approximate surface area is 139 Å². The quantitative estimate of drug-likeness (QED) is 0.791. The summed E-state index contributed by atoms with van der Waals surface area (Å²) in [7, 11) is 0. The average molecular weight is 348 g/mol. The predicted molar refractivity (Wildman–Crippen MR) is 89.1 cm³/mol. The number of aliphatic hydroxyl groups is 1. The molecule has 0 atom stereocenters. The third-order valence-corrected chi connectivity index (χ3v) is 5.38. The van der Waals surface area contributed by atoms with Gasteiger partial charge in [-0.1, -0.05) is 29.3 Å². The molecule has 1 aliphatic rings. The smallest absolute Gasteiger partial charge is 0.230 e. The predicted octanol–water partition coefficient (Wildman–Crippen LogP) is 3.65. The third-order valence-electron chi connectivity index (χ3n) is 3.81. The van der Waals surface area contributed by atoms with E-state index in [0.29, 0.717) is 28.0 Å². The van der Waals surface area contributed by atoms with Gasteiger partial charge in [0.1, 0.15) is 0 Å². The monoisotopic (exact) mass is 347 g/mol. The van der Waals surface area contributed by atoms with Crippen LogP contribution in [0.4, 0.5) is 0 Å². The zero-order valence-electron chi connectivity index (χ0n) is 11.7. The summed E-state index contributed by atoms with van der Waals surface area (Å²) in [6.07, 6.45) is 3.69. The van der Waals surface area contributed by atoms with E-state index in [2.05, 4.69) is 5.32 Å². The van der Waals surface area contributed by atoms with E-state index < -0.39 is 0 Å². The number of carbonyl (C=O) groups is 1. The molecule has 0 spiro atoms. The van der Waals surface area contributed by atoms with E-state index in [1.807, 2.05) is 6.07 Å². The number of thioether (sulfide) groups is 1. The van der Waals surface area contributed by atoms with E-state index in [0.717, 1.165) is 24.8 Å². The number of amides is 1. The molecule has 0 radical (unpaired) electrons. The van der Waals surface area contributed by atoms with Crippen molar-refractivity contribution in [2.75, 3.05) is 12.4 Å². The van der Waals surface area contributed by atoms with Gasteiger partial charge >= 0.3 is 0 Å². The Hall–Kier alpha value is -0.420. The molecule has 0 aliphatic heterocycles. The van der Waals surface area contributed by atoms with Crippen LogP contribution in [-0.2, 0) is 10.5 Å². The lowest BCUT2D eigenvalue weighted by molar-refractivity contribution is -0.121. The third kappa shape index (κ3) is 4.78. The van der Waals surface area contributed by atoms with Crippen LogP contribution in [0.25, 0.3) is 0 Å². The Morgan fingerprint density at radius 1 is 1.38 bits per heavy atom. The lowest BCUT2D eigenvalue weighted by Gasteiger charge is -2.42. The van der Waals surface area contributed by atoms with Gasteiger partial charge in [-0.05, 0) is 43.4 Å². The normalized spacial score (nSPS) is 16.3. The van der Waals surface area contributed by atoms with Crippen LogP contribution in [0, 0.1) is 0 Å². The summed E-state index contributed by atoms with van der Waals surface area (Å²) in [5.41, 5.74) is 0.817. The molecule has 2 rings (SSSR count). The molecule has 0 saturated heterocycles. The van der Waals surface area contributed by atoms with Crippen LogP contribution in [0.1, 0.15) is 31.2 Å². The molecule has 6 heteroatoms. The fourth-order valence-electron chi connectivity index (χ4n) is 2.48. The lowest BCUT2D eigenvalue weighted by Crippen LogP contribution is -2.54. The van der Waals surface area contributed by atoms with Gasteiger partial charge in [0.05, 0.1) is 5.75 Å². The van der Waals surface area contributed by atoms with E-state index in [4.69, 9.17) is 28.3 Å². The highest BCUT2D eigenvalue weighted by Crippen LogP contribution is 2.34. The summed E-state index contributed by atoms with van der Waals surface area (Å²) in [6, 6.07) is 5.40. The topological polar surface area (TPSA) is 49.3 Å². The molecule has 0 heterocycles. The van der Waals surface area contributed by atoms with Crippen LogP contribution >= 0.6 is 35.0 Å². The highest BCUT2D eigenvalue weighted by Gasteiger charge is 2.37. The minimum atomic E-state index is -0.162. The van der Waals surface area contributed by atoms with Crippen molar-refractivity contribution in [3.05, 3.63) is 33.8 Å². The molecule has 1 amide bonds. The molecule has 21 heavy (non-hydrogen) atoms. The summed E-state index contributed by atoms with van der Waals surface area (Å²) in [5, 5.41) is 13.4. The van der Waals surface area contributed by atoms with Gasteiger partial charge in [-0.3, -0.25) is 4.79 Å². The number of hydrogen-bond donors (Lipinski definition) is 2. The second-order valence-corrected chi connectivity index (χ2v) is 7.21. The molecule has 0 aromatic heterocycles. The van der Waals surface area contributed by atoms with Crippen LogP contribution in [-0.4, -0.2) is 28.9 Å². The second-order valence-electron chi connectivity index (χ2n) is 5.38. The number of hydrogen-bond acceptors (Lipinski definition) is 3. The van der Waals surface area contributed by atoms with E-state index in [1.54, 1.807) is 12.1 Å². The van der Waals surface area contributed by atoms with Gasteiger partial charge in [0, 0.05) is 27.9 Å². The molecule has 3 nitrogen and oxygen atoms in total. The summed E-state index contributed by atoms with van der Waals surface area (Å²) >= 11 is 13.5. The molecular weight excluding hydrogens is 329 g/mol. The standard InChI is InChI=1S/C15H19Cl2NO2S/c16-12-3-2-11(13(17)8-12)9-21-10-14(20)18-15(6-7-19)4-1-5-15/h2-3,8,19H,1,4-7,9-10H2,(H,18,20). The first-order valence-electron chi connectivity index (χ1n) is 6.98. The van der Waals surface area contributed by atoms with Crippen molar-refractivity contribution in [2.24, 2.45) is 0 Å². The highest BCUT2D eigenvalue weighted by molar-refractivity contribution is 7.99. The number of nitrogens with one attached hydrogen (secondary N) is 1. The Bertz CT molecular complexity index is 506. The molecule has 1 aliphatic carbocycles. The van der Waals surface area contributed by atoms with Crippen molar-refractivity contribution < 1.29 is 9.90 Å². The first kappa shape index (κ1) is 16.9. The van der Waals surface area contributed by atoms with Crippen molar-refractivity contribution in [1.29, 1.82) is 0 Å². The van der Waals surface area contributed by atoms with Crippen LogP contribution in [0.2, 0.25) is 10.0 Å². The molecule has 116 valence electrons. The summed E-state index contributed by atoms with van der Waals surface area (Å²) in [4.78, 5) is 12.0. The molecule has 1 aromatic carbocycles. The molecule has 2 N–H and O–H groups in total. The van der Waals surface area contributed by atoms with Crippen LogP contribution < -0.4 is 5.32 Å². The van der Waals surface area contributed by atoms with Gasteiger partial charge in [0.25, 0.3) is 0 Å². The van der Waals surface area contributed by atoms with Crippen molar-refractivity contribution >= 4 is 40.9 Å². The molecular formula is C15H19Cl2NO2S. The Morgan fingerprint density at radius 2 is 2.14 bits per heavy atom. The minimum Gasteiger partial charge on any atom is -0.396 e. The van der Waals surface area contributed by atoms with Gasteiger partial charge in [-0.2, -0.15) is 0 Å². The molecule has 1 saturated carbocycles. The van der Waals surface area contributed by atoms with E-state index in [9.17, 15) is 4.79 Å². The molecule has 0 bridgehead atoms. The zero-order valence-corrected chi connectivity index (χ0v) is 14.0. The number of carbonyl (C=O) groups excluding carboxylic acids is 1. The molecule has 1 aromatic rings. The second kappa shape index (κ2) is 7.73. The van der Waals surface area contributed by atoms with Crippen LogP contribution in [0.3, 0.4) is 0 Å². The zero-order chi connectivity index (χ0) is 15.3. The summed E-state index contributed by atoms with van der Waals surface area (Å²) in [6.45, 7) is 0.119. The van der Waals surface area contributed by atoms with E-state index in [-0.39, 0.29) is 18.1 Å². The number of benzene rings is 1. The van der Waals surface area contributed by atoms with Crippen LogP contribution in [0.15, 0.2) is 18.2 Å². The van der Waals surface area contributed by atoms with Crippen molar-refractivity contribution in [3.63, 3.8) is 0 Å². The first-order chi connectivity index (χ1) is 10.0. The number of aliphatic hydroxyl groups excluding tert-OH is 1. The van der Waals surface area contributed by atoms with Crippen molar-refractivity contribution in [2.45, 2.75) is 37.0 Å². The Kier molecular flexibility index (Phi) is 6.23. The van der Waals surface area contributed by atoms with Gasteiger partial charge < -0.3 is 10.4 Å². The SMILES string of the molecule is O=C(CSCc1ccc(Cl)cc1Cl)NC1(CCO)CCC1. The maximum Gasteiger partial charge on any atom is 0.230 e. The van der Waals surface area contributed by atoms with Gasteiger partial charge in [0.2, 0.25) is 5.91 Å². The van der Waals surface area contributed by atoms with Crippen molar-refractivity contribution in [1.82, 2.24) is 5.32 Å². The maximum absolute atomic E-state index is 12.0. The molecule has 0 unspecified atom stereocenters. The largest absolute Gasteiger partial charge is 0.396 e. The maximum atomic E-state index is 12.0. The Balaban J connectivity index is 1.76. The fourth-order valence-corrected chi connectivity index (χ4v) is 3.87.